The van der Waals surface area contributed by atoms with Gasteiger partial charge in [-0.25, -0.2) is 8.42 Å². The molecular formula is C32H36Cl2O7S. The van der Waals surface area contributed by atoms with E-state index in [9.17, 15) is 18.3 Å². The van der Waals surface area contributed by atoms with Crippen molar-refractivity contribution in [1.29, 1.82) is 0 Å². The van der Waals surface area contributed by atoms with Crippen LogP contribution in [0.4, 0.5) is 0 Å². The van der Waals surface area contributed by atoms with Crippen LogP contribution in [0, 0.1) is 5.92 Å². The molecule has 42 heavy (non-hydrogen) atoms. The van der Waals surface area contributed by atoms with Crippen molar-refractivity contribution in [1.82, 2.24) is 0 Å². The topological polar surface area (TPSA) is 99.1 Å². The van der Waals surface area contributed by atoms with Crippen LogP contribution in [-0.2, 0) is 34.1 Å². The maximum absolute atomic E-state index is 11.5. The first kappa shape index (κ1) is 32.0. The monoisotopic (exact) mass is 634 g/mol. The van der Waals surface area contributed by atoms with Crippen LogP contribution in [0.25, 0.3) is 11.1 Å². The second kappa shape index (κ2) is 13.6. The van der Waals surface area contributed by atoms with Gasteiger partial charge in [0.1, 0.15) is 27.9 Å². The van der Waals surface area contributed by atoms with E-state index in [1.165, 1.54) is 6.26 Å². The van der Waals surface area contributed by atoms with Gasteiger partial charge in [-0.15, -0.1) is 0 Å². The Hall–Kier alpha value is -2.94. The predicted octanol–water partition coefficient (Wildman–Crippen LogP) is 7.37. The van der Waals surface area contributed by atoms with Crippen LogP contribution in [0.3, 0.4) is 0 Å². The molecule has 0 saturated carbocycles. The molecule has 0 radical (unpaired) electrons. The fourth-order valence-corrected chi connectivity index (χ4v) is 6.73. The van der Waals surface area contributed by atoms with E-state index in [0.717, 1.165) is 33.4 Å². The van der Waals surface area contributed by atoms with Gasteiger partial charge in [-0.1, -0.05) is 68.2 Å². The highest BCUT2D eigenvalue weighted by Gasteiger charge is 2.33. The Morgan fingerprint density at radius 2 is 1.76 bits per heavy atom. The molecule has 1 aliphatic heterocycles. The second-order valence-electron chi connectivity index (χ2n) is 10.6. The zero-order valence-electron chi connectivity index (χ0n) is 24.2. The van der Waals surface area contributed by atoms with Gasteiger partial charge in [0.05, 0.1) is 34.9 Å². The van der Waals surface area contributed by atoms with Gasteiger partial charge in [0.25, 0.3) is 0 Å². The molecule has 2 atom stereocenters. The molecule has 1 N–H and O–H groups in total. The maximum Gasteiger partial charge on any atom is 0.306 e. The van der Waals surface area contributed by atoms with Crippen LogP contribution in [0.2, 0.25) is 10.0 Å². The molecule has 226 valence electrons. The summed E-state index contributed by atoms with van der Waals surface area (Å²) in [5.41, 5.74) is 5.58. The molecule has 4 rings (SSSR count). The van der Waals surface area contributed by atoms with Gasteiger partial charge in [0, 0.05) is 23.8 Å². The molecule has 0 spiro atoms. The van der Waals surface area contributed by atoms with Crippen LogP contribution < -0.4 is 14.2 Å². The molecular weight excluding hydrogens is 599 g/mol. The average molecular weight is 636 g/mol. The molecule has 3 aromatic rings. The Morgan fingerprint density at radius 1 is 1.07 bits per heavy atom. The lowest BCUT2D eigenvalue weighted by molar-refractivity contribution is -0.142. The van der Waals surface area contributed by atoms with E-state index in [-0.39, 0.29) is 18.3 Å². The van der Waals surface area contributed by atoms with E-state index in [1.807, 2.05) is 50.2 Å². The number of fused-ring (bicyclic) bond motifs is 1. The lowest BCUT2D eigenvalue weighted by Crippen LogP contribution is -2.19. The number of hydrogen-bond donors (Lipinski definition) is 1. The molecule has 7 nitrogen and oxygen atoms in total. The Kier molecular flexibility index (Phi) is 10.3. The van der Waals surface area contributed by atoms with Crippen LogP contribution in [0.15, 0.2) is 42.5 Å². The molecule has 0 amide bonds. The fraction of sp³-hybridized carbons (Fsp3) is 0.406. The third-order valence-corrected chi connectivity index (χ3v) is 9.39. The SMILES string of the molecule is CCc1c(Cl)c(OCCCS(C)(=O)=O)c(Cl)c(CC)c1-c1cccc(COc2ccc3c(c2)OC[C@H]3C(C)C(=O)O)c1. The van der Waals surface area contributed by atoms with Crippen LogP contribution in [0.5, 0.6) is 17.2 Å². The molecule has 0 fully saturated rings. The van der Waals surface area contributed by atoms with Crippen LogP contribution >= 0.6 is 23.2 Å². The Morgan fingerprint density at radius 3 is 2.38 bits per heavy atom. The van der Waals surface area contributed by atoms with E-state index in [0.29, 0.717) is 59.8 Å². The first-order valence-corrected chi connectivity index (χ1v) is 16.8. The molecule has 0 aliphatic carbocycles. The van der Waals surface area contributed by atoms with E-state index in [2.05, 4.69) is 6.07 Å². The normalized spacial score (nSPS) is 15.1. The standard InChI is InChI=1S/C32H36Cl2O7S/c1-5-23-28(24(6-2)30(34)31(29(23)33)39-13-8-14-42(4,37)38)21-10-7-9-20(15-21)17-40-22-11-12-25-26(19(3)32(35)36)18-41-27(25)16-22/h7,9-12,15-16,19,26H,5-6,8,13-14,17-18H2,1-4H3,(H,35,36)/t19?,26-/m0/s1. The summed E-state index contributed by atoms with van der Waals surface area (Å²) in [6, 6.07) is 13.6. The number of benzene rings is 3. The fourth-order valence-electron chi connectivity index (χ4n) is 5.28. The quantitative estimate of drug-likeness (QED) is 0.196. The van der Waals surface area contributed by atoms with Crippen LogP contribution in [-0.4, -0.2) is 44.7 Å². The predicted molar refractivity (Wildman–Crippen MR) is 166 cm³/mol. The van der Waals surface area contributed by atoms with Gasteiger partial charge in [0.2, 0.25) is 0 Å². The van der Waals surface area contributed by atoms with Gasteiger partial charge >= 0.3 is 5.97 Å². The highest BCUT2D eigenvalue weighted by Crippen LogP contribution is 2.46. The summed E-state index contributed by atoms with van der Waals surface area (Å²) in [4.78, 5) is 11.5. The molecule has 3 aromatic carbocycles. The largest absolute Gasteiger partial charge is 0.492 e. The lowest BCUT2D eigenvalue weighted by atomic mass is 9.89. The second-order valence-corrected chi connectivity index (χ2v) is 13.6. The smallest absolute Gasteiger partial charge is 0.306 e. The summed E-state index contributed by atoms with van der Waals surface area (Å²) >= 11 is 13.7. The molecule has 1 aliphatic rings. The molecule has 0 saturated heterocycles. The number of carboxylic acids is 1. The zero-order chi connectivity index (χ0) is 30.6. The first-order chi connectivity index (χ1) is 19.9. The van der Waals surface area contributed by atoms with E-state index in [4.69, 9.17) is 37.4 Å². The van der Waals surface area contributed by atoms with Crippen molar-refractivity contribution in [3.05, 3.63) is 74.8 Å². The molecule has 10 heteroatoms. The Balaban J connectivity index is 1.56. The van der Waals surface area contributed by atoms with Crippen molar-refractivity contribution in [3.63, 3.8) is 0 Å². The van der Waals surface area contributed by atoms with Crippen molar-refractivity contribution < 1.29 is 32.5 Å². The van der Waals surface area contributed by atoms with Gasteiger partial charge in [-0.05, 0) is 59.2 Å². The number of rotatable bonds is 13. The molecule has 1 unspecified atom stereocenters. The van der Waals surface area contributed by atoms with Crippen molar-refractivity contribution in [2.24, 2.45) is 5.92 Å². The molecule has 0 bridgehead atoms. The summed E-state index contributed by atoms with van der Waals surface area (Å²) in [5, 5.41) is 10.3. The Bertz CT molecular complexity index is 1540. The number of aliphatic carboxylic acids is 1. The molecule has 1 heterocycles. The van der Waals surface area contributed by atoms with Crippen LogP contribution in [0.1, 0.15) is 55.4 Å². The zero-order valence-corrected chi connectivity index (χ0v) is 26.5. The number of hydrogen-bond acceptors (Lipinski definition) is 6. The van der Waals surface area contributed by atoms with Gasteiger partial charge < -0.3 is 19.3 Å². The minimum atomic E-state index is -3.09. The van der Waals surface area contributed by atoms with Crippen molar-refractivity contribution in [2.45, 2.75) is 52.6 Å². The van der Waals surface area contributed by atoms with E-state index >= 15 is 0 Å². The highest BCUT2D eigenvalue weighted by atomic mass is 35.5. The van der Waals surface area contributed by atoms with E-state index < -0.39 is 21.7 Å². The summed E-state index contributed by atoms with van der Waals surface area (Å²) in [6.07, 6.45) is 2.84. The summed E-state index contributed by atoms with van der Waals surface area (Å²) in [5.74, 6) is 0.138. The van der Waals surface area contributed by atoms with Gasteiger partial charge in [-0.2, -0.15) is 0 Å². The number of sulfone groups is 1. The average Bonchev–Trinajstić information content (AvgIpc) is 3.37. The minimum Gasteiger partial charge on any atom is -0.492 e. The number of ether oxygens (including phenoxy) is 3. The number of halogens is 2. The van der Waals surface area contributed by atoms with E-state index in [1.54, 1.807) is 6.92 Å². The summed E-state index contributed by atoms with van der Waals surface area (Å²) < 4.78 is 40.8. The minimum absolute atomic E-state index is 0.0272. The summed E-state index contributed by atoms with van der Waals surface area (Å²) in [6.45, 7) is 6.58. The number of carbonyl (C=O) groups is 1. The van der Waals surface area contributed by atoms with Gasteiger partial charge in [-0.3, -0.25) is 4.79 Å². The summed E-state index contributed by atoms with van der Waals surface area (Å²) in [7, 11) is -3.09. The van der Waals surface area contributed by atoms with Crippen molar-refractivity contribution in [3.8, 4) is 28.4 Å². The third kappa shape index (κ3) is 7.16. The third-order valence-electron chi connectivity index (χ3n) is 7.56. The Labute approximate surface area is 257 Å². The maximum atomic E-state index is 11.5. The first-order valence-electron chi connectivity index (χ1n) is 14.0. The molecule has 0 aromatic heterocycles. The van der Waals surface area contributed by atoms with Crippen molar-refractivity contribution in [2.75, 3.05) is 25.2 Å². The highest BCUT2D eigenvalue weighted by molar-refractivity contribution is 7.90. The number of carboxylic acid groups (broad SMARTS) is 1. The van der Waals surface area contributed by atoms with Crippen molar-refractivity contribution >= 4 is 39.0 Å². The van der Waals surface area contributed by atoms with Gasteiger partial charge in [0.15, 0.2) is 5.75 Å². The lowest BCUT2D eigenvalue weighted by Gasteiger charge is -2.21.